The van der Waals surface area contributed by atoms with Crippen LogP contribution >= 0.6 is 0 Å². The first-order valence-corrected chi connectivity index (χ1v) is 7.66. The molecule has 1 amide bonds. The third-order valence-electron chi connectivity index (χ3n) is 3.83. The van der Waals surface area contributed by atoms with Gasteiger partial charge in [-0.3, -0.25) is 9.48 Å². The molecule has 2 rings (SSSR count). The Kier molecular flexibility index (Phi) is 5.59. The second kappa shape index (κ2) is 7.43. The number of aryl methyl sites for hydroxylation is 3. The maximum Gasteiger partial charge on any atom is 0.234 e. The third kappa shape index (κ3) is 4.63. The van der Waals surface area contributed by atoms with Gasteiger partial charge in [0.2, 0.25) is 5.91 Å². The maximum absolute atomic E-state index is 11.7. The van der Waals surface area contributed by atoms with Gasteiger partial charge in [0.25, 0.3) is 0 Å². The highest BCUT2D eigenvalue weighted by Gasteiger charge is 2.16. The molecule has 0 aromatic carbocycles. The summed E-state index contributed by atoms with van der Waals surface area (Å²) in [5.41, 5.74) is 2.26. The van der Waals surface area contributed by atoms with Crippen molar-refractivity contribution in [1.82, 2.24) is 20.4 Å². The molecular weight excluding hydrogens is 252 g/mol. The van der Waals surface area contributed by atoms with Gasteiger partial charge in [0.1, 0.15) is 0 Å². The summed E-state index contributed by atoms with van der Waals surface area (Å²) in [6, 6.07) is 2.50. The highest BCUT2D eigenvalue weighted by atomic mass is 16.1. The maximum atomic E-state index is 11.7. The summed E-state index contributed by atoms with van der Waals surface area (Å²) in [7, 11) is 0. The number of aromatic nitrogens is 2. The number of carbonyl (C=O) groups excluding carboxylic acids is 1. The largest absolute Gasteiger partial charge is 0.352 e. The average Bonchev–Trinajstić information content (AvgIpc) is 2.99. The lowest BCUT2D eigenvalue weighted by Crippen LogP contribution is -2.39. The Morgan fingerprint density at radius 2 is 2.15 bits per heavy atom. The number of rotatable bonds is 7. The molecule has 0 bridgehead atoms. The zero-order valence-electron chi connectivity index (χ0n) is 12.6. The minimum Gasteiger partial charge on any atom is -0.352 e. The van der Waals surface area contributed by atoms with Crippen molar-refractivity contribution >= 4 is 5.91 Å². The Morgan fingerprint density at radius 3 is 2.80 bits per heavy atom. The predicted molar refractivity (Wildman–Crippen MR) is 79.6 cm³/mol. The molecule has 1 aromatic heterocycles. The Hall–Kier alpha value is -1.36. The van der Waals surface area contributed by atoms with Crippen molar-refractivity contribution in [2.75, 3.05) is 13.1 Å². The summed E-state index contributed by atoms with van der Waals surface area (Å²) in [6.07, 6.45) is 5.77. The fraction of sp³-hybridized carbons (Fsp3) is 0.733. The van der Waals surface area contributed by atoms with Crippen LogP contribution < -0.4 is 10.6 Å². The first-order chi connectivity index (χ1) is 9.65. The first-order valence-electron chi connectivity index (χ1n) is 7.66. The standard InChI is InChI=1S/C15H26N4O/c1-12-10-13(2)19(18-12)9-5-8-16-11-15(20)17-14-6-3-4-7-14/h10,14,16H,3-9,11H2,1-2H3,(H,17,20). The van der Waals surface area contributed by atoms with E-state index in [1.165, 1.54) is 18.5 Å². The molecule has 1 saturated carbocycles. The van der Waals surface area contributed by atoms with Gasteiger partial charge in [-0.25, -0.2) is 0 Å². The van der Waals surface area contributed by atoms with E-state index in [0.717, 1.165) is 38.0 Å². The Labute approximate surface area is 121 Å². The topological polar surface area (TPSA) is 59.0 Å². The van der Waals surface area contributed by atoms with E-state index in [0.29, 0.717) is 12.6 Å². The van der Waals surface area contributed by atoms with Crippen molar-refractivity contribution in [3.05, 3.63) is 17.5 Å². The molecule has 5 nitrogen and oxygen atoms in total. The lowest BCUT2D eigenvalue weighted by Gasteiger charge is -2.12. The van der Waals surface area contributed by atoms with E-state index in [1.54, 1.807) is 0 Å². The van der Waals surface area contributed by atoms with Crippen molar-refractivity contribution < 1.29 is 4.79 Å². The number of carbonyl (C=O) groups is 1. The molecule has 1 aromatic rings. The fourth-order valence-electron chi connectivity index (χ4n) is 2.81. The lowest BCUT2D eigenvalue weighted by atomic mass is 10.2. The van der Waals surface area contributed by atoms with E-state index in [2.05, 4.69) is 28.7 Å². The van der Waals surface area contributed by atoms with Crippen LogP contribution in [0.2, 0.25) is 0 Å². The average molecular weight is 278 g/mol. The fourth-order valence-corrected chi connectivity index (χ4v) is 2.81. The van der Waals surface area contributed by atoms with E-state index >= 15 is 0 Å². The smallest absolute Gasteiger partial charge is 0.234 e. The zero-order valence-corrected chi connectivity index (χ0v) is 12.6. The number of hydrogen-bond acceptors (Lipinski definition) is 3. The minimum atomic E-state index is 0.128. The molecule has 1 heterocycles. The molecule has 112 valence electrons. The Bertz CT molecular complexity index is 435. The second-order valence-corrected chi connectivity index (χ2v) is 5.73. The van der Waals surface area contributed by atoms with Gasteiger partial charge in [0.05, 0.1) is 12.2 Å². The van der Waals surface area contributed by atoms with Gasteiger partial charge in [0.15, 0.2) is 0 Å². The van der Waals surface area contributed by atoms with Crippen LogP contribution in [-0.2, 0) is 11.3 Å². The predicted octanol–water partition coefficient (Wildman–Crippen LogP) is 1.54. The van der Waals surface area contributed by atoms with E-state index in [-0.39, 0.29) is 5.91 Å². The third-order valence-corrected chi connectivity index (χ3v) is 3.83. The molecule has 1 fully saturated rings. The van der Waals surface area contributed by atoms with Gasteiger partial charge in [-0.05, 0) is 45.7 Å². The normalized spacial score (nSPS) is 15.7. The summed E-state index contributed by atoms with van der Waals surface area (Å²) in [4.78, 5) is 11.7. The van der Waals surface area contributed by atoms with E-state index in [9.17, 15) is 4.79 Å². The molecule has 1 aliphatic rings. The SMILES string of the molecule is Cc1cc(C)n(CCCNCC(=O)NC2CCCC2)n1. The van der Waals surface area contributed by atoms with Crippen molar-refractivity contribution in [2.45, 2.75) is 58.5 Å². The second-order valence-electron chi connectivity index (χ2n) is 5.73. The number of amides is 1. The van der Waals surface area contributed by atoms with Crippen molar-refractivity contribution in [3.8, 4) is 0 Å². The quantitative estimate of drug-likeness (QED) is 0.744. The van der Waals surface area contributed by atoms with Gasteiger partial charge in [-0.15, -0.1) is 0 Å². The molecule has 5 heteroatoms. The summed E-state index contributed by atoms with van der Waals surface area (Å²) in [5, 5.41) is 10.7. The molecule has 1 aliphatic carbocycles. The van der Waals surface area contributed by atoms with Crippen LogP contribution in [0.1, 0.15) is 43.5 Å². The van der Waals surface area contributed by atoms with Gasteiger partial charge < -0.3 is 10.6 Å². The van der Waals surface area contributed by atoms with Crippen LogP contribution in [0, 0.1) is 13.8 Å². The van der Waals surface area contributed by atoms with Crippen LogP contribution in [0.15, 0.2) is 6.07 Å². The van der Waals surface area contributed by atoms with E-state index < -0.39 is 0 Å². The summed E-state index contributed by atoms with van der Waals surface area (Å²) < 4.78 is 2.02. The first kappa shape index (κ1) is 15.0. The van der Waals surface area contributed by atoms with Crippen molar-refractivity contribution in [2.24, 2.45) is 0 Å². The van der Waals surface area contributed by atoms with Crippen LogP contribution in [-0.4, -0.2) is 34.8 Å². The van der Waals surface area contributed by atoms with Crippen LogP contribution in [0.3, 0.4) is 0 Å². The number of nitrogens with zero attached hydrogens (tertiary/aromatic N) is 2. The molecule has 0 atom stereocenters. The van der Waals surface area contributed by atoms with Gasteiger partial charge in [-0.1, -0.05) is 12.8 Å². The Morgan fingerprint density at radius 1 is 1.40 bits per heavy atom. The van der Waals surface area contributed by atoms with Gasteiger partial charge >= 0.3 is 0 Å². The van der Waals surface area contributed by atoms with E-state index in [1.807, 2.05) is 11.6 Å². The van der Waals surface area contributed by atoms with Gasteiger partial charge in [0, 0.05) is 18.3 Å². The zero-order chi connectivity index (χ0) is 14.4. The van der Waals surface area contributed by atoms with Gasteiger partial charge in [-0.2, -0.15) is 5.10 Å². The molecule has 20 heavy (non-hydrogen) atoms. The monoisotopic (exact) mass is 278 g/mol. The molecule has 0 aliphatic heterocycles. The highest BCUT2D eigenvalue weighted by molar-refractivity contribution is 5.78. The minimum absolute atomic E-state index is 0.128. The van der Waals surface area contributed by atoms with Crippen molar-refractivity contribution in [1.29, 1.82) is 0 Å². The molecule has 2 N–H and O–H groups in total. The van der Waals surface area contributed by atoms with Crippen molar-refractivity contribution in [3.63, 3.8) is 0 Å². The molecule has 0 saturated heterocycles. The molecule has 0 unspecified atom stereocenters. The molecular formula is C15H26N4O. The Balaban J connectivity index is 1.55. The number of hydrogen-bond donors (Lipinski definition) is 2. The van der Waals surface area contributed by atoms with Crippen LogP contribution in [0.25, 0.3) is 0 Å². The van der Waals surface area contributed by atoms with E-state index in [4.69, 9.17) is 0 Å². The van der Waals surface area contributed by atoms with Crippen LogP contribution in [0.5, 0.6) is 0 Å². The molecule has 0 spiro atoms. The number of nitrogens with one attached hydrogen (secondary N) is 2. The highest BCUT2D eigenvalue weighted by Crippen LogP contribution is 2.17. The molecule has 0 radical (unpaired) electrons. The summed E-state index contributed by atoms with van der Waals surface area (Å²) in [5.74, 6) is 0.128. The lowest BCUT2D eigenvalue weighted by molar-refractivity contribution is -0.120. The summed E-state index contributed by atoms with van der Waals surface area (Å²) in [6.45, 7) is 6.25. The van der Waals surface area contributed by atoms with Crippen LogP contribution in [0.4, 0.5) is 0 Å². The summed E-state index contributed by atoms with van der Waals surface area (Å²) >= 11 is 0.